The van der Waals surface area contributed by atoms with Gasteiger partial charge >= 0.3 is 0 Å². The number of aliphatic imine (C=N–C) groups is 1. The Morgan fingerprint density at radius 2 is 1.84 bits per heavy atom. The number of carbonyl (C=O) groups is 1. The number of hydrogen-bond acceptors (Lipinski definition) is 4. The first-order valence-corrected chi connectivity index (χ1v) is 9.75. The summed E-state index contributed by atoms with van der Waals surface area (Å²) < 4.78 is 0.0932. The first-order chi connectivity index (χ1) is 12.0. The van der Waals surface area contributed by atoms with Gasteiger partial charge in [0.2, 0.25) is 5.84 Å². The number of hydrogen-bond donors (Lipinski definition) is 1. The number of nitrogens with two attached hydrogens (primary N) is 1. The summed E-state index contributed by atoms with van der Waals surface area (Å²) in [4.78, 5) is 15.5. The zero-order valence-corrected chi connectivity index (χ0v) is 16.0. The fourth-order valence-corrected chi connectivity index (χ4v) is 3.22. The highest BCUT2D eigenvalue weighted by molar-refractivity contribution is 5.81. The molecule has 1 rings (SSSR count). The lowest BCUT2D eigenvalue weighted by Gasteiger charge is -2.36. The van der Waals surface area contributed by atoms with E-state index >= 15 is 0 Å². The molecule has 1 aliphatic heterocycles. The van der Waals surface area contributed by atoms with Crippen molar-refractivity contribution in [2.75, 3.05) is 6.54 Å². The molecular weight excluding hydrogens is 314 g/mol. The third kappa shape index (κ3) is 7.53. The van der Waals surface area contributed by atoms with Crippen molar-refractivity contribution in [3.63, 3.8) is 0 Å². The van der Waals surface area contributed by atoms with Gasteiger partial charge in [-0.15, -0.1) is 0 Å². The standard InChI is InChI=1S/C20H35N3O2/c1-3-4-5-6-7-8-9-10-11-12-13-14-19-22-15-16-23(19,18(2)21)17-20(24)25/h9-10,15-16,18H,3-8,11-14,17,21H2,1-2H3/b10-9+. The maximum atomic E-state index is 11.1. The molecule has 0 fully saturated rings. The number of carbonyl (C=O) groups excluding carboxylic acids is 1. The van der Waals surface area contributed by atoms with Gasteiger partial charge in [-0.25, -0.2) is 9.48 Å². The average Bonchev–Trinajstić information content (AvgIpc) is 2.96. The van der Waals surface area contributed by atoms with Gasteiger partial charge in [-0.05, 0) is 32.1 Å². The Bertz CT molecular complexity index is 483. The van der Waals surface area contributed by atoms with Crippen LogP contribution in [0.1, 0.15) is 78.1 Å². The Morgan fingerprint density at radius 3 is 2.44 bits per heavy atom. The molecule has 0 aromatic heterocycles. The Labute approximate surface area is 152 Å². The van der Waals surface area contributed by atoms with Gasteiger partial charge in [-0.3, -0.25) is 5.73 Å². The van der Waals surface area contributed by atoms with Crippen LogP contribution in [-0.4, -0.2) is 29.0 Å². The monoisotopic (exact) mass is 349 g/mol. The summed E-state index contributed by atoms with van der Waals surface area (Å²) in [5, 5.41) is 11.1. The highest BCUT2D eigenvalue weighted by Gasteiger charge is 2.38. The molecule has 1 aliphatic rings. The van der Waals surface area contributed by atoms with Gasteiger partial charge in [0.15, 0.2) is 0 Å². The SMILES string of the molecule is CCCCCCC/C=C/CCCCC1=NC=C[N+]1(CC(=O)[O-])C(C)N. The zero-order chi connectivity index (χ0) is 18.5. The van der Waals surface area contributed by atoms with E-state index in [1.165, 1.54) is 38.5 Å². The van der Waals surface area contributed by atoms with Gasteiger partial charge in [0.05, 0.1) is 12.2 Å². The number of carboxylic acids is 1. The summed E-state index contributed by atoms with van der Waals surface area (Å²) in [5.41, 5.74) is 6.04. The molecule has 0 bridgehead atoms. The molecule has 2 atom stereocenters. The molecule has 0 aromatic carbocycles. The highest BCUT2D eigenvalue weighted by Crippen LogP contribution is 2.23. The highest BCUT2D eigenvalue weighted by atomic mass is 16.4. The predicted molar refractivity (Wildman–Crippen MR) is 101 cm³/mol. The number of rotatable bonds is 14. The van der Waals surface area contributed by atoms with Crippen molar-refractivity contribution < 1.29 is 14.4 Å². The Morgan fingerprint density at radius 1 is 1.20 bits per heavy atom. The van der Waals surface area contributed by atoms with Crippen molar-refractivity contribution in [3.05, 3.63) is 24.6 Å². The number of aliphatic carboxylic acids is 1. The lowest BCUT2D eigenvalue weighted by atomic mass is 10.1. The summed E-state index contributed by atoms with van der Waals surface area (Å²) in [5.74, 6) is -0.266. The van der Waals surface area contributed by atoms with Crippen LogP contribution in [0.4, 0.5) is 0 Å². The number of unbranched alkanes of at least 4 members (excludes halogenated alkanes) is 7. The molecule has 5 nitrogen and oxygen atoms in total. The number of allylic oxidation sites excluding steroid dienone is 2. The largest absolute Gasteiger partial charge is 0.544 e. The molecule has 2 unspecified atom stereocenters. The van der Waals surface area contributed by atoms with E-state index in [0.29, 0.717) is 0 Å². The summed E-state index contributed by atoms with van der Waals surface area (Å²) in [6, 6.07) is 0. The molecule has 0 radical (unpaired) electrons. The maximum Gasteiger partial charge on any atom is 0.209 e. The number of nitrogens with zero attached hydrogens (tertiary/aromatic N) is 2. The van der Waals surface area contributed by atoms with Gasteiger partial charge in [-0.2, -0.15) is 0 Å². The normalized spacial score (nSPS) is 21.0. The van der Waals surface area contributed by atoms with Crippen molar-refractivity contribution >= 4 is 11.8 Å². The van der Waals surface area contributed by atoms with E-state index in [1.54, 1.807) is 12.4 Å². The maximum absolute atomic E-state index is 11.1. The van der Waals surface area contributed by atoms with Crippen LogP contribution in [0.5, 0.6) is 0 Å². The number of quaternary nitrogens is 1. The van der Waals surface area contributed by atoms with Crippen molar-refractivity contribution in [1.82, 2.24) is 0 Å². The van der Waals surface area contributed by atoms with Gasteiger partial charge in [0.1, 0.15) is 18.9 Å². The topological polar surface area (TPSA) is 78.5 Å². The second-order valence-corrected chi connectivity index (χ2v) is 6.96. The van der Waals surface area contributed by atoms with Crippen molar-refractivity contribution in [3.8, 4) is 0 Å². The lowest BCUT2D eigenvalue weighted by molar-refractivity contribution is -0.808. The molecule has 0 saturated carbocycles. The smallest absolute Gasteiger partial charge is 0.209 e. The lowest BCUT2D eigenvalue weighted by Crippen LogP contribution is -2.60. The van der Waals surface area contributed by atoms with Crippen molar-refractivity contribution in [2.24, 2.45) is 10.7 Å². The van der Waals surface area contributed by atoms with Crippen LogP contribution in [-0.2, 0) is 4.79 Å². The fraction of sp³-hybridized carbons (Fsp3) is 0.700. The van der Waals surface area contributed by atoms with Gasteiger partial charge in [0, 0.05) is 13.3 Å². The molecule has 142 valence electrons. The van der Waals surface area contributed by atoms with E-state index in [4.69, 9.17) is 5.73 Å². The first-order valence-electron chi connectivity index (χ1n) is 9.75. The Kier molecular flexibility index (Phi) is 10.3. The van der Waals surface area contributed by atoms with Crippen LogP contribution < -0.4 is 10.8 Å². The number of amidine groups is 1. The Hall–Kier alpha value is -1.46. The van der Waals surface area contributed by atoms with Crippen LogP contribution in [0.15, 0.2) is 29.5 Å². The summed E-state index contributed by atoms with van der Waals surface area (Å²) in [6.07, 6.45) is 19.3. The fourth-order valence-electron chi connectivity index (χ4n) is 3.22. The molecule has 1 heterocycles. The molecular formula is C20H35N3O2. The quantitative estimate of drug-likeness (QED) is 0.297. The van der Waals surface area contributed by atoms with Crippen LogP contribution >= 0.6 is 0 Å². The van der Waals surface area contributed by atoms with Crippen LogP contribution in [0, 0.1) is 0 Å². The van der Waals surface area contributed by atoms with Crippen molar-refractivity contribution in [1.29, 1.82) is 0 Å². The summed E-state index contributed by atoms with van der Waals surface area (Å²) in [7, 11) is 0. The molecule has 0 amide bonds. The minimum Gasteiger partial charge on any atom is -0.544 e. The molecule has 2 N–H and O–H groups in total. The molecule has 5 heteroatoms. The van der Waals surface area contributed by atoms with E-state index in [0.717, 1.165) is 31.5 Å². The number of carboxylic acid groups (broad SMARTS) is 1. The molecule has 25 heavy (non-hydrogen) atoms. The second-order valence-electron chi connectivity index (χ2n) is 6.96. The molecule has 0 aliphatic carbocycles. The van der Waals surface area contributed by atoms with E-state index in [9.17, 15) is 9.90 Å². The Balaban J connectivity index is 2.24. The minimum atomic E-state index is -1.10. The van der Waals surface area contributed by atoms with Gasteiger partial charge in [0.25, 0.3) is 0 Å². The van der Waals surface area contributed by atoms with E-state index in [-0.39, 0.29) is 17.2 Å². The van der Waals surface area contributed by atoms with Crippen LogP contribution in [0.25, 0.3) is 0 Å². The predicted octanol–water partition coefficient (Wildman–Crippen LogP) is 3.22. The minimum absolute atomic E-state index is 0.0932. The summed E-state index contributed by atoms with van der Waals surface area (Å²) in [6.45, 7) is 3.91. The third-order valence-electron chi connectivity index (χ3n) is 4.82. The summed E-state index contributed by atoms with van der Waals surface area (Å²) >= 11 is 0. The van der Waals surface area contributed by atoms with E-state index in [2.05, 4.69) is 24.1 Å². The van der Waals surface area contributed by atoms with Crippen LogP contribution in [0.3, 0.4) is 0 Å². The van der Waals surface area contributed by atoms with E-state index < -0.39 is 5.97 Å². The van der Waals surface area contributed by atoms with Gasteiger partial charge in [-0.1, -0.05) is 44.8 Å². The second kappa shape index (κ2) is 12.0. The van der Waals surface area contributed by atoms with Gasteiger partial charge < -0.3 is 9.90 Å². The van der Waals surface area contributed by atoms with E-state index in [1.807, 2.05) is 6.92 Å². The molecule has 0 aromatic rings. The molecule has 0 spiro atoms. The third-order valence-corrected chi connectivity index (χ3v) is 4.82. The van der Waals surface area contributed by atoms with Crippen LogP contribution in [0.2, 0.25) is 0 Å². The van der Waals surface area contributed by atoms with Crippen molar-refractivity contribution in [2.45, 2.75) is 84.2 Å². The molecule has 0 saturated heterocycles. The first kappa shape index (κ1) is 21.6. The average molecular weight is 350 g/mol. The zero-order valence-electron chi connectivity index (χ0n) is 16.0.